The molecule has 1 fully saturated rings. The van der Waals surface area contributed by atoms with Crippen molar-refractivity contribution in [3.63, 3.8) is 0 Å². The molecule has 0 saturated heterocycles. The van der Waals surface area contributed by atoms with Gasteiger partial charge in [-0.15, -0.1) is 0 Å². The van der Waals surface area contributed by atoms with Gasteiger partial charge in [0.1, 0.15) is 0 Å². The Morgan fingerprint density at radius 1 is 1.54 bits per heavy atom. The lowest BCUT2D eigenvalue weighted by Crippen LogP contribution is -2.31. The Kier molecular flexibility index (Phi) is 2.74. The SMILES string of the molecule is CCCC(C1CC1(C)C)S(N)(=O)=O. The van der Waals surface area contributed by atoms with Crippen LogP contribution in [0.3, 0.4) is 0 Å². The molecule has 0 spiro atoms. The second-order valence-electron chi connectivity index (χ2n) is 4.72. The third kappa shape index (κ3) is 2.44. The van der Waals surface area contributed by atoms with Gasteiger partial charge < -0.3 is 0 Å². The van der Waals surface area contributed by atoms with Crippen molar-refractivity contribution in [2.24, 2.45) is 16.5 Å². The van der Waals surface area contributed by atoms with Crippen LogP contribution in [0.4, 0.5) is 0 Å². The van der Waals surface area contributed by atoms with E-state index in [0.717, 1.165) is 12.8 Å². The molecule has 0 amide bonds. The largest absolute Gasteiger partial charge is 0.228 e. The second kappa shape index (κ2) is 3.24. The minimum absolute atomic E-state index is 0.187. The number of nitrogens with two attached hydrogens (primary N) is 1. The molecule has 0 heterocycles. The van der Waals surface area contributed by atoms with Gasteiger partial charge in [0, 0.05) is 0 Å². The summed E-state index contributed by atoms with van der Waals surface area (Å²) in [7, 11) is -3.33. The quantitative estimate of drug-likeness (QED) is 0.756. The molecule has 1 saturated carbocycles. The zero-order valence-corrected chi connectivity index (χ0v) is 9.39. The minimum Gasteiger partial charge on any atom is -0.228 e. The van der Waals surface area contributed by atoms with Gasteiger partial charge in [-0.25, -0.2) is 13.6 Å². The summed E-state index contributed by atoms with van der Waals surface area (Å²) in [5.41, 5.74) is 0.187. The zero-order chi connectivity index (χ0) is 10.3. The second-order valence-corrected chi connectivity index (χ2v) is 6.50. The highest BCUT2D eigenvalue weighted by Gasteiger charge is 2.52. The Morgan fingerprint density at radius 2 is 2.00 bits per heavy atom. The first-order valence-electron chi connectivity index (χ1n) is 4.80. The summed E-state index contributed by atoms with van der Waals surface area (Å²) in [4.78, 5) is 0. The Morgan fingerprint density at radius 3 is 2.23 bits per heavy atom. The van der Waals surface area contributed by atoms with Gasteiger partial charge in [-0.1, -0.05) is 27.2 Å². The van der Waals surface area contributed by atoms with Crippen LogP contribution in [0.5, 0.6) is 0 Å². The third-order valence-corrected chi connectivity index (χ3v) is 4.44. The first-order chi connectivity index (χ1) is 5.79. The van der Waals surface area contributed by atoms with Crippen LogP contribution in [0.15, 0.2) is 0 Å². The van der Waals surface area contributed by atoms with Gasteiger partial charge in [0.15, 0.2) is 0 Å². The molecular formula is C9H19NO2S. The third-order valence-electron chi connectivity index (χ3n) is 3.03. The number of primary sulfonamides is 1. The van der Waals surface area contributed by atoms with Crippen LogP contribution < -0.4 is 5.14 Å². The molecule has 1 aliphatic rings. The topological polar surface area (TPSA) is 60.2 Å². The van der Waals surface area contributed by atoms with E-state index in [1.54, 1.807) is 0 Å². The van der Waals surface area contributed by atoms with E-state index in [2.05, 4.69) is 13.8 Å². The van der Waals surface area contributed by atoms with Gasteiger partial charge in [0.2, 0.25) is 10.0 Å². The first kappa shape index (κ1) is 11.0. The molecule has 2 unspecified atom stereocenters. The van der Waals surface area contributed by atoms with Gasteiger partial charge in [0.25, 0.3) is 0 Å². The Bertz CT molecular complexity index is 282. The number of sulfonamides is 1. The number of hydrogen-bond acceptors (Lipinski definition) is 2. The molecule has 0 aliphatic heterocycles. The van der Waals surface area contributed by atoms with E-state index in [0.29, 0.717) is 6.42 Å². The molecule has 13 heavy (non-hydrogen) atoms. The van der Waals surface area contributed by atoms with Crippen molar-refractivity contribution in [2.75, 3.05) is 0 Å². The Labute approximate surface area is 80.8 Å². The fraction of sp³-hybridized carbons (Fsp3) is 1.00. The maximum absolute atomic E-state index is 11.3. The summed E-state index contributed by atoms with van der Waals surface area (Å²) in [5, 5.41) is 4.89. The molecule has 0 bridgehead atoms. The molecule has 0 radical (unpaired) electrons. The van der Waals surface area contributed by atoms with Crippen molar-refractivity contribution in [2.45, 2.75) is 45.3 Å². The van der Waals surface area contributed by atoms with Gasteiger partial charge in [-0.3, -0.25) is 0 Å². The summed E-state index contributed by atoms with van der Waals surface area (Å²) >= 11 is 0. The summed E-state index contributed by atoms with van der Waals surface area (Å²) in [6.07, 6.45) is 2.58. The molecule has 2 N–H and O–H groups in total. The normalized spacial score (nSPS) is 28.5. The highest BCUT2D eigenvalue weighted by molar-refractivity contribution is 7.89. The molecule has 0 aromatic rings. The van der Waals surface area contributed by atoms with E-state index < -0.39 is 10.0 Å². The summed E-state index contributed by atoms with van der Waals surface area (Å²) < 4.78 is 22.5. The molecule has 4 heteroatoms. The Hall–Kier alpha value is -0.0900. The van der Waals surface area contributed by atoms with Crippen molar-refractivity contribution in [1.29, 1.82) is 0 Å². The lowest BCUT2D eigenvalue weighted by molar-refractivity contribution is 0.494. The fourth-order valence-electron chi connectivity index (χ4n) is 2.02. The van der Waals surface area contributed by atoms with Crippen LogP contribution in [0.2, 0.25) is 0 Å². The van der Waals surface area contributed by atoms with Crippen molar-refractivity contribution in [3.05, 3.63) is 0 Å². The van der Waals surface area contributed by atoms with Gasteiger partial charge in [-0.05, 0) is 24.2 Å². The van der Waals surface area contributed by atoms with Crippen LogP contribution in [0.25, 0.3) is 0 Å². The van der Waals surface area contributed by atoms with E-state index in [9.17, 15) is 8.42 Å². The van der Waals surface area contributed by atoms with Crippen LogP contribution >= 0.6 is 0 Å². The summed E-state index contributed by atoms with van der Waals surface area (Å²) in [5.74, 6) is 0.280. The maximum atomic E-state index is 11.3. The first-order valence-corrected chi connectivity index (χ1v) is 6.41. The molecule has 1 rings (SSSR count). The predicted octanol–water partition coefficient (Wildman–Crippen LogP) is 1.49. The predicted molar refractivity (Wildman–Crippen MR) is 53.7 cm³/mol. The van der Waals surface area contributed by atoms with E-state index >= 15 is 0 Å². The monoisotopic (exact) mass is 205 g/mol. The van der Waals surface area contributed by atoms with Crippen LogP contribution in [-0.4, -0.2) is 13.7 Å². The summed E-state index contributed by atoms with van der Waals surface area (Å²) in [6, 6.07) is 0. The van der Waals surface area contributed by atoms with Crippen molar-refractivity contribution in [1.82, 2.24) is 0 Å². The molecular weight excluding hydrogens is 186 g/mol. The van der Waals surface area contributed by atoms with E-state index in [-0.39, 0.29) is 16.6 Å². The van der Waals surface area contributed by atoms with Crippen molar-refractivity contribution >= 4 is 10.0 Å². The molecule has 2 atom stereocenters. The molecule has 1 aliphatic carbocycles. The van der Waals surface area contributed by atoms with Crippen LogP contribution in [-0.2, 0) is 10.0 Å². The minimum atomic E-state index is -3.33. The highest BCUT2D eigenvalue weighted by Crippen LogP contribution is 2.55. The lowest BCUT2D eigenvalue weighted by atomic mass is 10.1. The maximum Gasteiger partial charge on any atom is 0.212 e. The zero-order valence-electron chi connectivity index (χ0n) is 8.58. The van der Waals surface area contributed by atoms with E-state index in [1.807, 2.05) is 6.92 Å². The summed E-state index contributed by atoms with van der Waals surface area (Å²) in [6.45, 7) is 6.20. The molecule has 0 aromatic heterocycles. The average molecular weight is 205 g/mol. The van der Waals surface area contributed by atoms with Crippen LogP contribution in [0, 0.1) is 11.3 Å². The van der Waals surface area contributed by atoms with Crippen molar-refractivity contribution < 1.29 is 8.42 Å². The number of hydrogen-bond donors (Lipinski definition) is 1. The van der Waals surface area contributed by atoms with Gasteiger partial charge in [-0.2, -0.15) is 0 Å². The van der Waals surface area contributed by atoms with Crippen LogP contribution in [0.1, 0.15) is 40.0 Å². The van der Waals surface area contributed by atoms with E-state index in [1.165, 1.54) is 0 Å². The molecule has 0 aromatic carbocycles. The van der Waals surface area contributed by atoms with Crippen molar-refractivity contribution in [3.8, 4) is 0 Å². The highest BCUT2D eigenvalue weighted by atomic mass is 32.2. The molecule has 3 nitrogen and oxygen atoms in total. The van der Waals surface area contributed by atoms with Gasteiger partial charge in [0.05, 0.1) is 5.25 Å². The number of rotatable bonds is 4. The average Bonchev–Trinajstić information content (AvgIpc) is 2.52. The fourth-order valence-corrected chi connectivity index (χ4v) is 3.51. The molecule has 78 valence electrons. The Balaban J connectivity index is 2.72. The van der Waals surface area contributed by atoms with Gasteiger partial charge >= 0.3 is 0 Å². The van der Waals surface area contributed by atoms with E-state index in [4.69, 9.17) is 5.14 Å². The lowest BCUT2D eigenvalue weighted by Gasteiger charge is -2.15. The standard InChI is InChI=1S/C9H19NO2S/c1-4-5-8(13(10,11)12)7-6-9(7,2)3/h7-8H,4-6H2,1-3H3,(H2,10,11,12). The smallest absolute Gasteiger partial charge is 0.212 e.